The molecule has 0 atom stereocenters. The van der Waals surface area contributed by atoms with Crippen LogP contribution in [0.25, 0.3) is 16.9 Å². The lowest BCUT2D eigenvalue weighted by atomic mass is 9.90. The van der Waals surface area contributed by atoms with Crippen LogP contribution in [0, 0.1) is 6.92 Å². The highest BCUT2D eigenvalue weighted by atomic mass is 16.5. The monoisotopic (exact) mass is 437 g/mol. The largest absolute Gasteiger partial charge is 0.378 e. The minimum absolute atomic E-state index is 0.0986. The van der Waals surface area contributed by atoms with Gasteiger partial charge in [-0.15, -0.1) is 0 Å². The number of ether oxygens (including phenoxy) is 1. The van der Waals surface area contributed by atoms with E-state index in [1.54, 1.807) is 10.8 Å². The predicted molar refractivity (Wildman–Crippen MR) is 121 cm³/mol. The second kappa shape index (κ2) is 8.63. The maximum Gasteiger partial charge on any atom is 0.272 e. The molecular weight excluding hydrogens is 406 g/mol. The quantitative estimate of drug-likeness (QED) is 0.547. The van der Waals surface area contributed by atoms with Crippen molar-refractivity contribution in [2.24, 2.45) is 0 Å². The molecule has 1 aliphatic heterocycles. The maximum atomic E-state index is 13.2. The number of aryl methyl sites for hydroxylation is 1. The lowest BCUT2D eigenvalue weighted by Crippen LogP contribution is -2.52. The number of carbonyl (C=O) groups is 1. The van der Waals surface area contributed by atoms with Crippen LogP contribution in [0.15, 0.2) is 18.6 Å². The van der Waals surface area contributed by atoms with Gasteiger partial charge in [0, 0.05) is 29.4 Å². The van der Waals surface area contributed by atoms with Crippen molar-refractivity contribution >= 4 is 11.6 Å². The molecule has 2 fully saturated rings. The second-order valence-electron chi connectivity index (χ2n) is 9.38. The Balaban J connectivity index is 1.31. The number of aromatic amines is 1. The van der Waals surface area contributed by atoms with Gasteiger partial charge >= 0.3 is 0 Å². The molecule has 3 N–H and O–H groups in total. The average Bonchev–Trinajstić information content (AvgIpc) is 3.39. The molecule has 3 aromatic heterocycles. The Labute approximate surface area is 187 Å². The van der Waals surface area contributed by atoms with Gasteiger partial charge in [0.2, 0.25) is 0 Å². The van der Waals surface area contributed by atoms with E-state index in [9.17, 15) is 4.79 Å². The zero-order chi connectivity index (χ0) is 22.2. The summed E-state index contributed by atoms with van der Waals surface area (Å²) in [5.74, 6) is 0.0411. The number of hydrogen-bond donors (Lipinski definition) is 3. The number of aromatic nitrogens is 5. The van der Waals surface area contributed by atoms with Gasteiger partial charge in [-0.3, -0.25) is 9.89 Å². The number of amides is 1. The first-order valence-electron chi connectivity index (χ1n) is 11.5. The molecule has 0 aromatic carbocycles. The molecule has 32 heavy (non-hydrogen) atoms. The first kappa shape index (κ1) is 21.1. The Bertz CT molecular complexity index is 1110. The Morgan fingerprint density at radius 1 is 1.19 bits per heavy atom. The molecule has 0 radical (unpaired) electrons. The molecule has 2 aliphatic rings. The van der Waals surface area contributed by atoms with Gasteiger partial charge in [-0.2, -0.15) is 10.2 Å². The van der Waals surface area contributed by atoms with Crippen molar-refractivity contribution < 1.29 is 9.53 Å². The lowest BCUT2D eigenvalue weighted by molar-refractivity contribution is -0.0122. The highest BCUT2D eigenvalue weighted by molar-refractivity contribution is 5.96. The fourth-order valence-electron chi connectivity index (χ4n) is 4.86. The number of hydrogen-bond acceptors (Lipinski definition) is 6. The summed E-state index contributed by atoms with van der Waals surface area (Å²) in [6.07, 6.45) is 7.58. The summed E-state index contributed by atoms with van der Waals surface area (Å²) in [5, 5.41) is 18.7. The van der Waals surface area contributed by atoms with Crippen LogP contribution >= 0.6 is 0 Å². The molecule has 4 heterocycles. The zero-order valence-electron chi connectivity index (χ0n) is 18.9. The third-order valence-corrected chi connectivity index (χ3v) is 6.62. The smallest absolute Gasteiger partial charge is 0.272 e. The molecule has 1 saturated heterocycles. The van der Waals surface area contributed by atoms with Crippen LogP contribution < -0.4 is 10.6 Å². The molecule has 3 aromatic rings. The van der Waals surface area contributed by atoms with Gasteiger partial charge < -0.3 is 15.4 Å². The van der Waals surface area contributed by atoms with Crippen LogP contribution in [-0.2, 0) is 4.74 Å². The summed E-state index contributed by atoms with van der Waals surface area (Å²) in [6.45, 7) is 7.83. The lowest BCUT2D eigenvalue weighted by Gasteiger charge is -2.35. The van der Waals surface area contributed by atoms with Crippen LogP contribution in [0.3, 0.4) is 0 Å². The molecule has 9 nitrogen and oxygen atoms in total. The van der Waals surface area contributed by atoms with E-state index in [0.717, 1.165) is 66.9 Å². The van der Waals surface area contributed by atoms with Crippen LogP contribution in [0.1, 0.15) is 67.1 Å². The number of pyridine rings is 1. The van der Waals surface area contributed by atoms with Crippen molar-refractivity contribution in [2.45, 2.75) is 70.5 Å². The standard InChI is InChI=1S/C23H31N7O2/c1-13(2)19-20(15-8-14(3)22-24-12-25-30(22)9-15)28-29-21(19)23(31)27-17-6-4-16(5-7-17)26-18-10-32-11-18/h8-9,12-13,16-18,26H,4-7,10-11H2,1-3H3,(H,27,31)(H,28,29)/t16-,17+. The van der Waals surface area contributed by atoms with E-state index in [0.29, 0.717) is 17.8 Å². The van der Waals surface area contributed by atoms with Gasteiger partial charge in [-0.05, 0) is 50.2 Å². The van der Waals surface area contributed by atoms with Gasteiger partial charge in [-0.25, -0.2) is 9.50 Å². The highest BCUT2D eigenvalue weighted by Gasteiger charge is 2.29. The van der Waals surface area contributed by atoms with Crippen molar-refractivity contribution in [3.63, 3.8) is 0 Å². The summed E-state index contributed by atoms with van der Waals surface area (Å²) < 4.78 is 7.01. The Hall–Kier alpha value is -2.78. The summed E-state index contributed by atoms with van der Waals surface area (Å²) in [7, 11) is 0. The van der Waals surface area contributed by atoms with Gasteiger partial charge in [0.15, 0.2) is 11.3 Å². The normalized spacial score (nSPS) is 21.8. The average molecular weight is 438 g/mol. The summed E-state index contributed by atoms with van der Waals surface area (Å²) in [5.41, 5.74) is 5.07. The number of rotatable bonds is 6. The third kappa shape index (κ3) is 4.02. The van der Waals surface area contributed by atoms with E-state index in [-0.39, 0.29) is 17.9 Å². The van der Waals surface area contributed by atoms with Crippen LogP contribution in [0.2, 0.25) is 0 Å². The van der Waals surface area contributed by atoms with E-state index in [1.807, 2.05) is 13.1 Å². The first-order valence-corrected chi connectivity index (χ1v) is 11.5. The molecule has 1 saturated carbocycles. The Morgan fingerprint density at radius 2 is 1.94 bits per heavy atom. The fourth-order valence-corrected chi connectivity index (χ4v) is 4.86. The van der Waals surface area contributed by atoms with Crippen LogP contribution in [0.5, 0.6) is 0 Å². The van der Waals surface area contributed by atoms with Gasteiger partial charge in [0.25, 0.3) is 5.91 Å². The molecule has 0 unspecified atom stereocenters. The number of nitrogens with zero attached hydrogens (tertiary/aromatic N) is 4. The maximum absolute atomic E-state index is 13.2. The molecular formula is C23H31N7O2. The van der Waals surface area contributed by atoms with Crippen molar-refractivity contribution in [2.75, 3.05) is 13.2 Å². The molecule has 0 bridgehead atoms. The minimum atomic E-state index is -0.0986. The van der Waals surface area contributed by atoms with Crippen molar-refractivity contribution in [3.05, 3.63) is 35.4 Å². The molecule has 0 spiro atoms. The number of H-pyrrole nitrogens is 1. The van der Waals surface area contributed by atoms with E-state index >= 15 is 0 Å². The number of carbonyl (C=O) groups excluding carboxylic acids is 1. The summed E-state index contributed by atoms with van der Waals surface area (Å²) >= 11 is 0. The molecule has 1 amide bonds. The summed E-state index contributed by atoms with van der Waals surface area (Å²) in [6, 6.07) is 3.27. The van der Waals surface area contributed by atoms with Crippen LogP contribution in [-0.4, -0.2) is 62.0 Å². The van der Waals surface area contributed by atoms with E-state index < -0.39 is 0 Å². The first-order chi connectivity index (χ1) is 15.5. The van der Waals surface area contributed by atoms with E-state index in [2.05, 4.69) is 50.8 Å². The molecule has 1 aliphatic carbocycles. The Morgan fingerprint density at radius 3 is 2.62 bits per heavy atom. The highest BCUT2D eigenvalue weighted by Crippen LogP contribution is 2.31. The Kier molecular flexibility index (Phi) is 5.69. The van der Waals surface area contributed by atoms with Gasteiger partial charge in [0.1, 0.15) is 6.33 Å². The topological polar surface area (TPSA) is 109 Å². The number of nitrogens with one attached hydrogen (secondary N) is 3. The fraction of sp³-hybridized carbons (Fsp3) is 0.565. The van der Waals surface area contributed by atoms with Crippen molar-refractivity contribution in [3.8, 4) is 11.3 Å². The summed E-state index contributed by atoms with van der Waals surface area (Å²) in [4.78, 5) is 17.5. The zero-order valence-corrected chi connectivity index (χ0v) is 18.9. The van der Waals surface area contributed by atoms with Gasteiger partial charge in [0.05, 0.1) is 24.9 Å². The second-order valence-corrected chi connectivity index (χ2v) is 9.38. The third-order valence-electron chi connectivity index (χ3n) is 6.62. The van der Waals surface area contributed by atoms with E-state index in [4.69, 9.17) is 4.74 Å². The van der Waals surface area contributed by atoms with Gasteiger partial charge in [-0.1, -0.05) is 13.8 Å². The number of fused-ring (bicyclic) bond motifs is 1. The molecule has 5 rings (SSSR count). The molecule has 170 valence electrons. The predicted octanol–water partition coefficient (Wildman–Crippen LogP) is 2.58. The minimum Gasteiger partial charge on any atom is -0.378 e. The SMILES string of the molecule is Cc1cc(-c2[nH]nc(C(=O)N[C@H]3CC[C@@H](NC4COC4)CC3)c2C(C)C)cn2ncnc12. The van der Waals surface area contributed by atoms with Crippen molar-refractivity contribution in [1.29, 1.82) is 0 Å². The van der Waals surface area contributed by atoms with Crippen LogP contribution in [0.4, 0.5) is 0 Å². The van der Waals surface area contributed by atoms with E-state index in [1.165, 1.54) is 0 Å². The van der Waals surface area contributed by atoms with Crippen molar-refractivity contribution in [1.82, 2.24) is 35.4 Å². The molecule has 9 heteroatoms.